The molecule has 0 spiro atoms. The van der Waals surface area contributed by atoms with Crippen molar-refractivity contribution in [1.29, 1.82) is 0 Å². The van der Waals surface area contributed by atoms with Crippen LogP contribution in [0.1, 0.15) is 51.4 Å². The molecular formula is C27H35N5O3. The van der Waals surface area contributed by atoms with Gasteiger partial charge in [-0.1, -0.05) is 43.9 Å². The van der Waals surface area contributed by atoms with Crippen molar-refractivity contribution in [1.82, 2.24) is 19.6 Å². The standard InChI is InChI=1S/C27H35N5O3/c33-25-14-13-24(28-32(25)23-11-6-3-7-12-23)29-15-8-16-30(18-17-29)27(35)21-19-26(34)31(20-21)22-9-4-1-2-5-10-22/h3,6-7,11-14,21-22H,1-2,4-5,8-10,15-20H2. The van der Waals surface area contributed by atoms with Crippen molar-refractivity contribution < 1.29 is 9.59 Å². The molecule has 3 heterocycles. The lowest BCUT2D eigenvalue weighted by molar-refractivity contribution is -0.135. The second-order valence-electron chi connectivity index (χ2n) is 10.0. The molecular weight excluding hydrogens is 442 g/mol. The number of nitrogens with zero attached hydrogens (tertiary/aromatic N) is 5. The van der Waals surface area contributed by atoms with Gasteiger partial charge in [0.2, 0.25) is 11.8 Å². The lowest BCUT2D eigenvalue weighted by atomic mass is 10.1. The minimum Gasteiger partial charge on any atom is -0.353 e. The van der Waals surface area contributed by atoms with Crippen molar-refractivity contribution in [2.45, 2.75) is 57.4 Å². The van der Waals surface area contributed by atoms with Crippen molar-refractivity contribution in [3.8, 4) is 5.69 Å². The lowest BCUT2D eigenvalue weighted by Gasteiger charge is -2.28. The fraction of sp³-hybridized carbons (Fsp3) is 0.556. The van der Waals surface area contributed by atoms with Crippen LogP contribution in [0.15, 0.2) is 47.3 Å². The SMILES string of the molecule is O=C(C1CC(=O)N(C2CCCCCC2)C1)N1CCCN(c2ccc(=O)n(-c3ccccc3)n2)CC1. The van der Waals surface area contributed by atoms with Gasteiger partial charge in [0.15, 0.2) is 0 Å². The first-order valence-electron chi connectivity index (χ1n) is 13.1. The molecule has 35 heavy (non-hydrogen) atoms. The Morgan fingerprint density at radius 2 is 1.60 bits per heavy atom. The molecule has 2 aromatic rings. The molecule has 0 N–H and O–H groups in total. The molecule has 8 nitrogen and oxygen atoms in total. The average molecular weight is 478 g/mol. The molecule has 3 aliphatic rings. The second-order valence-corrected chi connectivity index (χ2v) is 10.0. The Labute approximate surface area is 206 Å². The topological polar surface area (TPSA) is 78.8 Å². The molecule has 2 saturated heterocycles. The van der Waals surface area contributed by atoms with E-state index >= 15 is 0 Å². The highest BCUT2D eigenvalue weighted by Gasteiger charge is 2.39. The number of amides is 2. The molecule has 1 atom stereocenters. The summed E-state index contributed by atoms with van der Waals surface area (Å²) in [7, 11) is 0. The quantitative estimate of drug-likeness (QED) is 0.633. The third kappa shape index (κ3) is 5.26. The molecule has 2 amide bonds. The summed E-state index contributed by atoms with van der Waals surface area (Å²) in [6.45, 7) is 3.27. The normalized spacial score (nSPS) is 22.2. The van der Waals surface area contributed by atoms with E-state index in [-0.39, 0.29) is 23.3 Å². The molecule has 186 valence electrons. The molecule has 8 heteroatoms. The Morgan fingerprint density at radius 1 is 0.829 bits per heavy atom. The zero-order chi connectivity index (χ0) is 24.2. The summed E-state index contributed by atoms with van der Waals surface area (Å²) in [5.41, 5.74) is 0.561. The number of carbonyl (C=O) groups excluding carboxylic acids is 2. The van der Waals surface area contributed by atoms with Crippen LogP contribution in [0.5, 0.6) is 0 Å². The highest BCUT2D eigenvalue weighted by molar-refractivity contribution is 5.89. The van der Waals surface area contributed by atoms with Gasteiger partial charge in [-0.2, -0.15) is 4.68 Å². The number of para-hydroxylation sites is 1. The highest BCUT2D eigenvalue weighted by atomic mass is 16.2. The van der Waals surface area contributed by atoms with Gasteiger partial charge in [-0.15, -0.1) is 5.10 Å². The van der Waals surface area contributed by atoms with Crippen molar-refractivity contribution in [2.24, 2.45) is 5.92 Å². The van der Waals surface area contributed by atoms with E-state index in [1.54, 1.807) is 12.1 Å². The zero-order valence-corrected chi connectivity index (χ0v) is 20.3. The summed E-state index contributed by atoms with van der Waals surface area (Å²) in [5, 5.41) is 4.61. The average Bonchev–Trinajstić information content (AvgIpc) is 3.08. The number of hydrogen-bond donors (Lipinski definition) is 0. The van der Waals surface area contributed by atoms with Crippen molar-refractivity contribution in [3.05, 3.63) is 52.8 Å². The lowest BCUT2D eigenvalue weighted by Crippen LogP contribution is -2.41. The monoisotopic (exact) mass is 477 g/mol. The van der Waals surface area contributed by atoms with Gasteiger partial charge in [-0.3, -0.25) is 14.4 Å². The van der Waals surface area contributed by atoms with E-state index in [9.17, 15) is 14.4 Å². The van der Waals surface area contributed by atoms with Crippen molar-refractivity contribution >= 4 is 17.6 Å². The zero-order valence-electron chi connectivity index (χ0n) is 20.3. The minimum absolute atomic E-state index is 0.110. The van der Waals surface area contributed by atoms with Crippen molar-refractivity contribution in [2.75, 3.05) is 37.6 Å². The molecule has 0 radical (unpaired) electrons. The third-order valence-electron chi connectivity index (χ3n) is 7.69. The van der Waals surface area contributed by atoms with Crippen LogP contribution in [0.3, 0.4) is 0 Å². The summed E-state index contributed by atoms with van der Waals surface area (Å²) >= 11 is 0. The molecule has 1 aromatic carbocycles. The minimum atomic E-state index is -0.226. The maximum atomic E-state index is 13.4. The number of benzene rings is 1. The first-order chi connectivity index (χ1) is 17.1. The van der Waals surface area contributed by atoms with Gasteiger partial charge in [0.05, 0.1) is 11.6 Å². The maximum Gasteiger partial charge on any atom is 0.271 e. The predicted octanol–water partition coefficient (Wildman–Crippen LogP) is 2.84. The number of hydrogen-bond acceptors (Lipinski definition) is 5. The first-order valence-corrected chi connectivity index (χ1v) is 13.1. The van der Waals surface area contributed by atoms with Crippen LogP contribution in [-0.4, -0.2) is 70.2 Å². The van der Waals surface area contributed by atoms with E-state index in [0.29, 0.717) is 38.6 Å². The number of anilines is 1. The first kappa shape index (κ1) is 23.6. The van der Waals surface area contributed by atoms with Crippen LogP contribution in [0.4, 0.5) is 5.82 Å². The number of carbonyl (C=O) groups is 2. The van der Waals surface area contributed by atoms with Crippen LogP contribution in [0.2, 0.25) is 0 Å². The Balaban J connectivity index is 1.23. The van der Waals surface area contributed by atoms with Gasteiger partial charge >= 0.3 is 0 Å². The van der Waals surface area contributed by atoms with Crippen LogP contribution in [-0.2, 0) is 9.59 Å². The predicted molar refractivity (Wildman–Crippen MR) is 135 cm³/mol. The summed E-state index contributed by atoms with van der Waals surface area (Å²) in [4.78, 5) is 44.6. The Kier molecular flexibility index (Phi) is 7.16. The van der Waals surface area contributed by atoms with Crippen LogP contribution in [0.25, 0.3) is 5.69 Å². The summed E-state index contributed by atoms with van der Waals surface area (Å²) in [5.74, 6) is 0.770. The fourth-order valence-electron chi connectivity index (χ4n) is 5.77. The molecule has 1 unspecified atom stereocenters. The third-order valence-corrected chi connectivity index (χ3v) is 7.69. The second kappa shape index (κ2) is 10.6. The Hall–Kier alpha value is -3.16. The Bertz CT molecular complexity index is 1090. The van der Waals surface area contributed by atoms with E-state index in [1.165, 1.54) is 30.4 Å². The summed E-state index contributed by atoms with van der Waals surface area (Å²) in [6, 6.07) is 13.0. The van der Waals surface area contributed by atoms with Gasteiger partial charge in [-0.25, -0.2) is 0 Å². The molecule has 1 aliphatic carbocycles. The van der Waals surface area contributed by atoms with Gasteiger partial charge in [-0.05, 0) is 37.5 Å². The van der Waals surface area contributed by atoms with E-state index in [1.807, 2.05) is 40.1 Å². The number of likely N-dealkylation sites (tertiary alicyclic amines) is 1. The van der Waals surface area contributed by atoms with Crippen LogP contribution >= 0.6 is 0 Å². The Morgan fingerprint density at radius 3 is 2.37 bits per heavy atom. The van der Waals surface area contributed by atoms with E-state index in [4.69, 9.17) is 0 Å². The van der Waals surface area contributed by atoms with E-state index in [0.717, 1.165) is 37.3 Å². The van der Waals surface area contributed by atoms with Gasteiger partial charge in [0.1, 0.15) is 5.82 Å². The largest absolute Gasteiger partial charge is 0.353 e. The molecule has 3 fully saturated rings. The highest BCUT2D eigenvalue weighted by Crippen LogP contribution is 2.29. The molecule has 5 rings (SSSR count). The van der Waals surface area contributed by atoms with Gasteiger partial charge < -0.3 is 14.7 Å². The summed E-state index contributed by atoms with van der Waals surface area (Å²) in [6.07, 6.45) is 8.18. The molecule has 0 bridgehead atoms. The van der Waals surface area contributed by atoms with Crippen molar-refractivity contribution in [3.63, 3.8) is 0 Å². The number of rotatable bonds is 4. The molecule has 1 saturated carbocycles. The van der Waals surface area contributed by atoms with Crippen LogP contribution < -0.4 is 10.5 Å². The maximum absolute atomic E-state index is 13.4. The molecule has 2 aliphatic heterocycles. The smallest absolute Gasteiger partial charge is 0.271 e. The van der Waals surface area contributed by atoms with Gasteiger partial charge in [0, 0.05) is 51.3 Å². The van der Waals surface area contributed by atoms with Gasteiger partial charge in [0.25, 0.3) is 5.56 Å². The number of aromatic nitrogens is 2. The summed E-state index contributed by atoms with van der Waals surface area (Å²) < 4.78 is 1.43. The van der Waals surface area contributed by atoms with E-state index in [2.05, 4.69) is 10.00 Å². The fourth-order valence-corrected chi connectivity index (χ4v) is 5.77. The van der Waals surface area contributed by atoms with E-state index < -0.39 is 0 Å². The van der Waals surface area contributed by atoms with Crippen LogP contribution in [0, 0.1) is 5.92 Å². The molecule has 1 aromatic heterocycles.